The Morgan fingerprint density at radius 3 is 2.88 bits per heavy atom. The number of hydrogen-bond acceptors (Lipinski definition) is 3. The summed E-state index contributed by atoms with van der Waals surface area (Å²) in [4.78, 5) is 6.23. The van der Waals surface area contributed by atoms with Crippen LogP contribution in [0.5, 0.6) is 0 Å². The van der Waals surface area contributed by atoms with E-state index < -0.39 is 0 Å². The molecule has 0 aliphatic carbocycles. The molecule has 5 nitrogen and oxygen atoms in total. The maximum absolute atomic E-state index is 8.95. The van der Waals surface area contributed by atoms with Gasteiger partial charge in [0, 0.05) is 24.7 Å². The van der Waals surface area contributed by atoms with Gasteiger partial charge in [0.15, 0.2) is 11.0 Å². The molecule has 0 radical (unpaired) electrons. The second-order valence-corrected chi connectivity index (χ2v) is 4.60. The van der Waals surface area contributed by atoms with Crippen LogP contribution in [-0.4, -0.2) is 22.0 Å². The molecule has 1 rings (SSSR count). The first kappa shape index (κ1) is 13.5. The molecule has 0 bridgehead atoms. The van der Waals surface area contributed by atoms with Crippen molar-refractivity contribution < 1.29 is 0 Å². The van der Waals surface area contributed by atoms with E-state index in [-0.39, 0.29) is 5.96 Å². The number of thiazole rings is 1. The SMILES string of the molecule is CCCCN(C#N)C(=N)N=c1scc(C)n1C. The summed E-state index contributed by atoms with van der Waals surface area (Å²) >= 11 is 1.48. The average molecular weight is 251 g/mol. The standard InChI is InChI=1S/C11H17N5S/c1-4-5-6-16(8-12)10(13)14-11-15(3)9(2)7-17-11/h7,13H,4-6H2,1-3H3. The lowest BCUT2D eigenvalue weighted by molar-refractivity contribution is 0.533. The first-order chi connectivity index (χ1) is 8.10. The molecule has 0 atom stereocenters. The smallest absolute Gasteiger partial charge is 0.233 e. The summed E-state index contributed by atoms with van der Waals surface area (Å²) in [5.74, 6) is 0.0124. The Kier molecular flexibility index (Phi) is 4.91. The van der Waals surface area contributed by atoms with Crippen LogP contribution in [-0.2, 0) is 7.05 Å². The van der Waals surface area contributed by atoms with E-state index in [4.69, 9.17) is 10.7 Å². The Balaban J connectivity index is 2.87. The van der Waals surface area contributed by atoms with E-state index >= 15 is 0 Å². The highest BCUT2D eigenvalue weighted by atomic mass is 32.1. The second kappa shape index (κ2) is 6.21. The third kappa shape index (κ3) is 3.43. The molecule has 6 heteroatoms. The van der Waals surface area contributed by atoms with Gasteiger partial charge in [-0.15, -0.1) is 11.3 Å². The molecular weight excluding hydrogens is 234 g/mol. The number of nitrogens with one attached hydrogen (secondary N) is 1. The van der Waals surface area contributed by atoms with E-state index in [0.717, 1.165) is 23.3 Å². The normalized spacial score (nSPS) is 11.3. The summed E-state index contributed by atoms with van der Waals surface area (Å²) in [7, 11) is 1.90. The van der Waals surface area contributed by atoms with Crippen molar-refractivity contribution in [1.82, 2.24) is 9.47 Å². The van der Waals surface area contributed by atoms with Crippen LogP contribution in [0.1, 0.15) is 25.5 Å². The highest BCUT2D eigenvalue weighted by Gasteiger charge is 2.07. The summed E-state index contributed by atoms with van der Waals surface area (Å²) in [5, 5.41) is 18.7. The maximum atomic E-state index is 8.95. The molecule has 0 aromatic carbocycles. The molecule has 0 spiro atoms. The van der Waals surface area contributed by atoms with Crippen molar-refractivity contribution in [2.45, 2.75) is 26.7 Å². The van der Waals surface area contributed by atoms with Gasteiger partial charge in [0.1, 0.15) is 0 Å². The zero-order valence-corrected chi connectivity index (χ0v) is 11.2. The molecule has 17 heavy (non-hydrogen) atoms. The van der Waals surface area contributed by atoms with Crippen LogP contribution in [0.4, 0.5) is 0 Å². The number of guanidine groups is 1. The zero-order valence-electron chi connectivity index (χ0n) is 10.4. The molecule has 0 amide bonds. The van der Waals surface area contributed by atoms with E-state index in [1.165, 1.54) is 16.2 Å². The molecular formula is C11H17N5S. The largest absolute Gasteiger partial charge is 0.324 e. The highest BCUT2D eigenvalue weighted by Crippen LogP contribution is 1.99. The van der Waals surface area contributed by atoms with Crippen LogP contribution in [0.25, 0.3) is 0 Å². The monoisotopic (exact) mass is 251 g/mol. The molecule has 0 unspecified atom stereocenters. The van der Waals surface area contributed by atoms with Crippen LogP contribution in [0.15, 0.2) is 10.4 Å². The number of hydrogen-bond donors (Lipinski definition) is 1. The van der Waals surface area contributed by atoms with Crippen molar-refractivity contribution in [1.29, 1.82) is 10.7 Å². The fourth-order valence-corrected chi connectivity index (χ4v) is 2.09. The number of rotatable bonds is 3. The molecule has 1 heterocycles. The molecule has 92 valence electrons. The fourth-order valence-electron chi connectivity index (χ4n) is 1.22. The number of unbranched alkanes of at least 4 members (excludes halogenated alkanes) is 1. The molecule has 0 aliphatic rings. The van der Waals surface area contributed by atoms with Crippen molar-refractivity contribution in [3.8, 4) is 6.19 Å². The van der Waals surface area contributed by atoms with E-state index in [1.54, 1.807) is 0 Å². The van der Waals surface area contributed by atoms with E-state index in [1.807, 2.05) is 30.1 Å². The van der Waals surface area contributed by atoms with Gasteiger partial charge in [-0.3, -0.25) is 5.41 Å². The van der Waals surface area contributed by atoms with Crippen LogP contribution in [0.2, 0.25) is 0 Å². The summed E-state index contributed by atoms with van der Waals surface area (Å²) in [6, 6.07) is 0. The Hall–Kier alpha value is -1.61. The van der Waals surface area contributed by atoms with Crippen molar-refractivity contribution in [3.05, 3.63) is 15.9 Å². The topological polar surface area (TPSA) is 68.2 Å². The molecule has 1 aromatic heterocycles. The lowest BCUT2D eigenvalue weighted by Gasteiger charge is -2.11. The van der Waals surface area contributed by atoms with Gasteiger partial charge in [-0.2, -0.15) is 10.3 Å². The highest BCUT2D eigenvalue weighted by molar-refractivity contribution is 7.07. The Morgan fingerprint density at radius 1 is 1.71 bits per heavy atom. The predicted molar refractivity (Wildman–Crippen MR) is 68.5 cm³/mol. The van der Waals surface area contributed by atoms with Gasteiger partial charge < -0.3 is 4.57 Å². The molecule has 0 saturated heterocycles. The Morgan fingerprint density at radius 2 is 2.41 bits per heavy atom. The van der Waals surface area contributed by atoms with Crippen molar-refractivity contribution in [2.75, 3.05) is 6.54 Å². The van der Waals surface area contributed by atoms with Gasteiger partial charge in [-0.05, 0) is 13.3 Å². The minimum atomic E-state index is 0.0124. The first-order valence-electron chi connectivity index (χ1n) is 5.51. The van der Waals surface area contributed by atoms with Crippen LogP contribution in [0, 0.1) is 23.8 Å². The lowest BCUT2D eigenvalue weighted by Crippen LogP contribution is -2.27. The third-order valence-electron chi connectivity index (χ3n) is 2.46. The number of nitrogens with zero attached hydrogens (tertiary/aromatic N) is 4. The van der Waals surface area contributed by atoms with Crippen molar-refractivity contribution >= 4 is 17.3 Å². The fraction of sp³-hybridized carbons (Fsp3) is 0.545. The van der Waals surface area contributed by atoms with Gasteiger partial charge in [0.05, 0.1) is 0 Å². The Labute approximate surface area is 105 Å². The second-order valence-electron chi connectivity index (χ2n) is 3.76. The zero-order chi connectivity index (χ0) is 12.8. The van der Waals surface area contributed by atoms with Crippen LogP contribution < -0.4 is 4.80 Å². The lowest BCUT2D eigenvalue weighted by atomic mass is 10.3. The maximum Gasteiger partial charge on any atom is 0.233 e. The van der Waals surface area contributed by atoms with Crippen LogP contribution in [0.3, 0.4) is 0 Å². The average Bonchev–Trinajstić information content (AvgIpc) is 2.62. The summed E-state index contributed by atoms with van der Waals surface area (Å²) in [6.07, 6.45) is 3.88. The van der Waals surface area contributed by atoms with E-state index in [9.17, 15) is 0 Å². The minimum absolute atomic E-state index is 0.0124. The molecule has 0 aliphatic heterocycles. The number of nitriles is 1. The van der Waals surface area contributed by atoms with Gasteiger partial charge in [-0.25, -0.2) is 4.90 Å². The minimum Gasteiger partial charge on any atom is -0.324 e. The Bertz CT molecular complexity index is 491. The predicted octanol–water partition coefficient (Wildman–Crippen LogP) is 1.81. The van der Waals surface area contributed by atoms with Gasteiger partial charge in [-0.1, -0.05) is 13.3 Å². The number of aryl methyl sites for hydroxylation is 1. The van der Waals surface area contributed by atoms with Gasteiger partial charge >= 0.3 is 0 Å². The number of aromatic nitrogens is 1. The molecule has 0 fully saturated rings. The van der Waals surface area contributed by atoms with Crippen LogP contribution >= 0.6 is 11.3 Å². The van der Waals surface area contributed by atoms with E-state index in [0.29, 0.717) is 6.54 Å². The van der Waals surface area contributed by atoms with Gasteiger partial charge in [0.2, 0.25) is 5.96 Å². The molecule has 0 saturated carbocycles. The summed E-state index contributed by atoms with van der Waals surface area (Å²) in [6.45, 7) is 4.60. The van der Waals surface area contributed by atoms with Gasteiger partial charge in [0.25, 0.3) is 0 Å². The van der Waals surface area contributed by atoms with Crippen molar-refractivity contribution in [3.63, 3.8) is 0 Å². The molecule has 1 aromatic rings. The summed E-state index contributed by atoms with van der Waals surface area (Å²) in [5.41, 5.74) is 1.10. The van der Waals surface area contributed by atoms with Crippen molar-refractivity contribution in [2.24, 2.45) is 12.0 Å². The van der Waals surface area contributed by atoms with E-state index in [2.05, 4.69) is 11.9 Å². The quantitative estimate of drug-likeness (QED) is 0.385. The third-order valence-corrected chi connectivity index (χ3v) is 3.50. The summed E-state index contributed by atoms with van der Waals surface area (Å²) < 4.78 is 1.91. The molecule has 1 N–H and O–H groups in total. The first-order valence-corrected chi connectivity index (χ1v) is 6.39.